The molecule has 0 aromatic rings. The van der Waals surface area contributed by atoms with Crippen molar-refractivity contribution in [3.8, 4) is 0 Å². The lowest BCUT2D eigenvalue weighted by Gasteiger charge is -2.21. The fourth-order valence-corrected chi connectivity index (χ4v) is 1.23. The average Bonchev–Trinajstić information content (AvgIpc) is 2.15. The number of amides is 2. The van der Waals surface area contributed by atoms with Gasteiger partial charge in [0.1, 0.15) is 0 Å². The molecular weight excluding hydrogens is 192 g/mol. The van der Waals surface area contributed by atoms with Crippen LogP contribution >= 0.6 is 0 Å². The first-order chi connectivity index (χ1) is 6.97. The predicted molar refractivity (Wildman–Crippen MR) is 61.8 cm³/mol. The average molecular weight is 216 g/mol. The molecule has 0 saturated heterocycles. The highest BCUT2D eigenvalue weighted by molar-refractivity contribution is 5.74. The second-order valence-corrected chi connectivity index (χ2v) is 4.47. The zero-order valence-electron chi connectivity index (χ0n) is 10.3. The number of nitrogens with zero attached hydrogens (tertiary/aromatic N) is 1. The minimum absolute atomic E-state index is 0.00426. The molecule has 0 fully saturated rings. The molecule has 1 unspecified atom stereocenters. The fraction of sp³-hybridized carbons (Fsp3) is 0.909. The maximum absolute atomic E-state index is 11.5. The number of carbonyl (C=O) groups excluding carboxylic acids is 1. The van der Waals surface area contributed by atoms with Crippen molar-refractivity contribution in [1.29, 1.82) is 0 Å². The van der Waals surface area contributed by atoms with Crippen molar-refractivity contribution < 1.29 is 9.90 Å². The molecule has 0 bridgehead atoms. The number of rotatable bonds is 6. The molecule has 2 amide bonds. The molecule has 0 aromatic heterocycles. The summed E-state index contributed by atoms with van der Waals surface area (Å²) in [4.78, 5) is 13.0. The lowest BCUT2D eigenvalue weighted by Crippen LogP contribution is -2.43. The summed E-state index contributed by atoms with van der Waals surface area (Å²) in [5.41, 5.74) is 0. The smallest absolute Gasteiger partial charge is 0.317 e. The molecule has 15 heavy (non-hydrogen) atoms. The van der Waals surface area contributed by atoms with Gasteiger partial charge in [-0.05, 0) is 25.7 Å². The second kappa shape index (κ2) is 7.51. The summed E-state index contributed by atoms with van der Waals surface area (Å²) in [6.45, 7) is 6.74. The van der Waals surface area contributed by atoms with E-state index in [-0.39, 0.29) is 18.7 Å². The van der Waals surface area contributed by atoms with E-state index in [0.717, 1.165) is 12.8 Å². The minimum Gasteiger partial charge on any atom is -0.395 e. The van der Waals surface area contributed by atoms with Gasteiger partial charge in [-0.2, -0.15) is 0 Å². The molecule has 0 spiro atoms. The van der Waals surface area contributed by atoms with E-state index in [1.807, 2.05) is 6.92 Å². The third-order valence-electron chi connectivity index (χ3n) is 2.33. The summed E-state index contributed by atoms with van der Waals surface area (Å²) in [7, 11) is 1.68. The Morgan fingerprint density at radius 1 is 1.33 bits per heavy atom. The van der Waals surface area contributed by atoms with Crippen LogP contribution in [0.15, 0.2) is 0 Å². The third-order valence-corrected chi connectivity index (χ3v) is 2.33. The van der Waals surface area contributed by atoms with Crippen molar-refractivity contribution in [3.63, 3.8) is 0 Å². The van der Waals surface area contributed by atoms with Gasteiger partial charge in [-0.15, -0.1) is 0 Å². The van der Waals surface area contributed by atoms with Crippen LogP contribution in [0.4, 0.5) is 4.79 Å². The number of aliphatic hydroxyl groups excluding tert-OH is 1. The molecule has 2 N–H and O–H groups in total. The normalized spacial score (nSPS) is 12.7. The number of aliphatic hydroxyl groups is 1. The van der Waals surface area contributed by atoms with E-state index in [1.54, 1.807) is 7.05 Å². The van der Waals surface area contributed by atoms with Crippen LogP contribution in [-0.2, 0) is 0 Å². The van der Waals surface area contributed by atoms with Gasteiger partial charge in [-0.3, -0.25) is 0 Å². The molecular formula is C11H24N2O2. The number of likely N-dealkylation sites (N-methyl/N-ethyl adjacent to an activating group) is 1. The highest BCUT2D eigenvalue weighted by Gasteiger charge is 2.11. The lowest BCUT2D eigenvalue weighted by atomic mass is 10.0. The van der Waals surface area contributed by atoms with E-state index < -0.39 is 0 Å². The van der Waals surface area contributed by atoms with Crippen LogP contribution in [0.25, 0.3) is 0 Å². The zero-order valence-corrected chi connectivity index (χ0v) is 10.3. The van der Waals surface area contributed by atoms with E-state index in [1.165, 1.54) is 4.90 Å². The Morgan fingerprint density at radius 2 is 1.93 bits per heavy atom. The van der Waals surface area contributed by atoms with Gasteiger partial charge >= 0.3 is 6.03 Å². The summed E-state index contributed by atoms with van der Waals surface area (Å²) in [6.07, 6.45) is 2.11. The first-order valence-electron chi connectivity index (χ1n) is 5.59. The lowest BCUT2D eigenvalue weighted by molar-refractivity contribution is 0.187. The van der Waals surface area contributed by atoms with Gasteiger partial charge in [-0.1, -0.05) is 13.8 Å². The van der Waals surface area contributed by atoms with Gasteiger partial charge in [0.25, 0.3) is 0 Å². The Labute approximate surface area is 92.7 Å². The first-order valence-corrected chi connectivity index (χ1v) is 5.59. The molecule has 0 radical (unpaired) electrons. The van der Waals surface area contributed by atoms with Crippen LogP contribution < -0.4 is 5.32 Å². The number of nitrogens with one attached hydrogen (secondary N) is 1. The molecule has 1 atom stereocenters. The topological polar surface area (TPSA) is 52.6 Å². The first kappa shape index (κ1) is 14.2. The summed E-state index contributed by atoms with van der Waals surface area (Å²) < 4.78 is 0. The Balaban J connectivity index is 3.75. The molecule has 4 nitrogen and oxygen atoms in total. The van der Waals surface area contributed by atoms with Gasteiger partial charge in [0.2, 0.25) is 0 Å². The van der Waals surface area contributed by atoms with Gasteiger partial charge in [0, 0.05) is 19.6 Å². The summed E-state index contributed by atoms with van der Waals surface area (Å²) >= 11 is 0. The molecule has 0 aromatic carbocycles. The zero-order chi connectivity index (χ0) is 11.8. The summed E-state index contributed by atoms with van der Waals surface area (Å²) in [5.74, 6) is 0.666. The molecule has 0 aliphatic rings. The van der Waals surface area contributed by atoms with Crippen LogP contribution in [0.5, 0.6) is 0 Å². The van der Waals surface area contributed by atoms with E-state index in [4.69, 9.17) is 5.11 Å². The van der Waals surface area contributed by atoms with E-state index in [9.17, 15) is 4.79 Å². The predicted octanol–water partition coefficient (Wildman–Crippen LogP) is 1.44. The van der Waals surface area contributed by atoms with Crippen molar-refractivity contribution in [2.75, 3.05) is 20.2 Å². The van der Waals surface area contributed by atoms with Gasteiger partial charge in [-0.25, -0.2) is 4.79 Å². The summed E-state index contributed by atoms with van der Waals surface area (Å²) in [5, 5.41) is 11.6. The highest BCUT2D eigenvalue weighted by Crippen LogP contribution is 2.06. The van der Waals surface area contributed by atoms with E-state index in [2.05, 4.69) is 19.2 Å². The Bertz CT molecular complexity index is 183. The number of carbonyl (C=O) groups is 1. The van der Waals surface area contributed by atoms with Crippen molar-refractivity contribution in [2.45, 2.75) is 39.7 Å². The Morgan fingerprint density at radius 3 is 2.40 bits per heavy atom. The molecule has 4 heteroatoms. The van der Waals surface area contributed by atoms with Crippen LogP contribution in [0.2, 0.25) is 0 Å². The minimum atomic E-state index is -0.111. The van der Waals surface area contributed by atoms with Crippen LogP contribution in [0.3, 0.4) is 0 Å². The van der Waals surface area contributed by atoms with Crippen molar-refractivity contribution in [3.05, 3.63) is 0 Å². The number of hydrogen-bond acceptors (Lipinski definition) is 2. The van der Waals surface area contributed by atoms with Crippen molar-refractivity contribution in [2.24, 2.45) is 5.92 Å². The molecule has 90 valence electrons. The molecule has 0 rings (SSSR count). The third kappa shape index (κ3) is 7.19. The molecule has 0 heterocycles. The Kier molecular flexibility index (Phi) is 7.13. The van der Waals surface area contributed by atoms with Gasteiger partial charge in [0.05, 0.1) is 6.61 Å². The largest absolute Gasteiger partial charge is 0.395 e. The molecule has 0 aliphatic carbocycles. The van der Waals surface area contributed by atoms with Crippen LogP contribution in [0.1, 0.15) is 33.6 Å². The summed E-state index contributed by atoms with van der Waals surface area (Å²) in [6, 6.07) is 0.0846. The van der Waals surface area contributed by atoms with Crippen molar-refractivity contribution >= 4 is 6.03 Å². The van der Waals surface area contributed by atoms with Gasteiger partial charge in [0.15, 0.2) is 0 Å². The molecule has 0 saturated carbocycles. The van der Waals surface area contributed by atoms with Crippen LogP contribution in [-0.4, -0.2) is 42.3 Å². The van der Waals surface area contributed by atoms with E-state index in [0.29, 0.717) is 12.5 Å². The van der Waals surface area contributed by atoms with E-state index >= 15 is 0 Å². The maximum atomic E-state index is 11.5. The standard InChI is InChI=1S/C11H24N2O2/c1-9(2)5-6-10(3)12-11(15)13(4)7-8-14/h9-10,14H,5-8H2,1-4H3,(H,12,15). The van der Waals surface area contributed by atoms with Crippen LogP contribution in [0, 0.1) is 5.92 Å². The maximum Gasteiger partial charge on any atom is 0.317 e. The Hall–Kier alpha value is -0.770. The van der Waals surface area contributed by atoms with Crippen molar-refractivity contribution in [1.82, 2.24) is 10.2 Å². The SMILES string of the molecule is CC(C)CCC(C)NC(=O)N(C)CCO. The second-order valence-electron chi connectivity index (χ2n) is 4.47. The van der Waals surface area contributed by atoms with Gasteiger partial charge < -0.3 is 15.3 Å². The number of hydrogen-bond donors (Lipinski definition) is 2. The number of urea groups is 1. The monoisotopic (exact) mass is 216 g/mol. The molecule has 0 aliphatic heterocycles. The highest BCUT2D eigenvalue weighted by atomic mass is 16.3. The fourth-order valence-electron chi connectivity index (χ4n) is 1.23. The quantitative estimate of drug-likeness (QED) is 0.706.